The lowest BCUT2D eigenvalue weighted by Crippen LogP contribution is -2.29. The van der Waals surface area contributed by atoms with Gasteiger partial charge in [0.05, 0.1) is 22.7 Å². The van der Waals surface area contributed by atoms with E-state index in [1.807, 2.05) is 31.2 Å². The first-order chi connectivity index (χ1) is 16.5. The first-order valence-electron chi connectivity index (χ1n) is 11.2. The molecule has 0 unspecified atom stereocenters. The number of nitrogens with zero attached hydrogens (tertiary/aromatic N) is 2. The van der Waals surface area contributed by atoms with E-state index in [0.717, 1.165) is 22.6 Å². The molecule has 0 saturated carbocycles. The van der Waals surface area contributed by atoms with Gasteiger partial charge in [-0.15, -0.1) is 0 Å². The summed E-state index contributed by atoms with van der Waals surface area (Å²) in [5.74, 6) is -1.89. The van der Waals surface area contributed by atoms with Gasteiger partial charge in [0.2, 0.25) is 5.91 Å². The van der Waals surface area contributed by atoms with Crippen molar-refractivity contribution in [2.75, 3.05) is 16.3 Å². The average molecular weight is 454 g/mol. The van der Waals surface area contributed by atoms with Crippen molar-refractivity contribution in [1.82, 2.24) is 0 Å². The van der Waals surface area contributed by atoms with E-state index in [4.69, 9.17) is 4.74 Å². The van der Waals surface area contributed by atoms with Crippen LogP contribution in [0, 0.1) is 5.92 Å². The third-order valence-electron chi connectivity index (χ3n) is 6.21. The molecule has 0 N–H and O–H groups in total. The Hall–Kier alpha value is -4.26. The molecule has 34 heavy (non-hydrogen) atoms. The van der Waals surface area contributed by atoms with Crippen molar-refractivity contribution in [1.29, 1.82) is 0 Å². The summed E-state index contributed by atoms with van der Waals surface area (Å²) in [5, 5.41) is 0. The van der Waals surface area contributed by atoms with E-state index in [0.29, 0.717) is 16.8 Å². The molecule has 3 aromatic carbocycles. The molecule has 5 rings (SSSR count). The largest absolute Gasteiger partial charge is 0.426 e. The summed E-state index contributed by atoms with van der Waals surface area (Å²) in [5.41, 5.74) is 2.85. The topological polar surface area (TPSA) is 84.0 Å². The summed E-state index contributed by atoms with van der Waals surface area (Å²) in [6.07, 6.45) is 0.842. The van der Waals surface area contributed by atoms with Crippen LogP contribution in [0.5, 0.6) is 5.75 Å². The van der Waals surface area contributed by atoms with Crippen LogP contribution in [0.4, 0.5) is 11.4 Å². The van der Waals surface area contributed by atoms with Crippen LogP contribution in [0.1, 0.15) is 39.6 Å². The molecule has 2 aliphatic rings. The molecule has 3 amide bonds. The summed E-state index contributed by atoms with van der Waals surface area (Å²) >= 11 is 0. The van der Waals surface area contributed by atoms with Crippen molar-refractivity contribution in [2.24, 2.45) is 5.92 Å². The SMILES string of the molecule is CCc1ccccc1N1C[C@@H](C(=O)Oc2cccc(N3C(=O)c4ccccc4C3=O)c2)CC1=O. The highest BCUT2D eigenvalue weighted by Gasteiger charge is 2.38. The lowest BCUT2D eigenvalue weighted by molar-refractivity contribution is -0.139. The van der Waals surface area contributed by atoms with Crippen molar-refractivity contribution < 1.29 is 23.9 Å². The number of esters is 1. The van der Waals surface area contributed by atoms with Crippen molar-refractivity contribution in [3.63, 3.8) is 0 Å². The van der Waals surface area contributed by atoms with Gasteiger partial charge in [-0.1, -0.05) is 43.3 Å². The minimum absolute atomic E-state index is 0.0645. The Kier molecular flexibility index (Phi) is 5.45. The first kappa shape index (κ1) is 21.6. The highest BCUT2D eigenvalue weighted by atomic mass is 16.5. The van der Waals surface area contributed by atoms with E-state index in [-0.39, 0.29) is 24.6 Å². The second-order valence-electron chi connectivity index (χ2n) is 8.30. The van der Waals surface area contributed by atoms with E-state index in [1.54, 1.807) is 47.4 Å². The van der Waals surface area contributed by atoms with Gasteiger partial charge in [0.1, 0.15) is 5.75 Å². The summed E-state index contributed by atoms with van der Waals surface area (Å²) in [6.45, 7) is 2.26. The number of benzene rings is 3. The van der Waals surface area contributed by atoms with Crippen LogP contribution >= 0.6 is 0 Å². The molecule has 3 aromatic rings. The second kappa shape index (κ2) is 8.59. The first-order valence-corrected chi connectivity index (χ1v) is 11.2. The van der Waals surface area contributed by atoms with Gasteiger partial charge in [-0.25, -0.2) is 4.90 Å². The molecule has 7 nitrogen and oxygen atoms in total. The van der Waals surface area contributed by atoms with Crippen LogP contribution in [-0.4, -0.2) is 30.2 Å². The summed E-state index contributed by atoms with van der Waals surface area (Å²) < 4.78 is 5.57. The molecule has 2 heterocycles. The molecule has 0 spiro atoms. The minimum Gasteiger partial charge on any atom is -0.426 e. The number of carbonyl (C=O) groups excluding carboxylic acids is 4. The van der Waals surface area contributed by atoms with Crippen LogP contribution in [0.2, 0.25) is 0 Å². The zero-order chi connectivity index (χ0) is 23.8. The van der Waals surface area contributed by atoms with E-state index < -0.39 is 23.7 Å². The summed E-state index contributed by atoms with van der Waals surface area (Å²) in [4.78, 5) is 53.8. The standard InChI is InChI=1S/C27H22N2O5/c1-2-17-8-3-6-13-23(17)28-16-18(14-24(28)30)27(33)34-20-10-7-9-19(15-20)29-25(31)21-11-4-5-12-22(21)26(29)32/h3-13,15,18H,2,14,16H2,1H3/t18-/m0/s1. The van der Waals surface area contributed by atoms with Gasteiger partial charge < -0.3 is 9.64 Å². The average Bonchev–Trinajstić information content (AvgIpc) is 3.36. The van der Waals surface area contributed by atoms with Crippen molar-refractivity contribution in [2.45, 2.75) is 19.8 Å². The summed E-state index contributed by atoms with van der Waals surface area (Å²) in [6, 6.07) is 20.6. The van der Waals surface area contributed by atoms with Gasteiger partial charge in [0, 0.05) is 24.7 Å². The molecule has 0 aliphatic carbocycles. The monoisotopic (exact) mass is 454 g/mol. The van der Waals surface area contributed by atoms with E-state index in [9.17, 15) is 19.2 Å². The van der Waals surface area contributed by atoms with E-state index in [2.05, 4.69) is 0 Å². The Bertz CT molecular complexity index is 1300. The van der Waals surface area contributed by atoms with Crippen LogP contribution in [0.15, 0.2) is 72.8 Å². The van der Waals surface area contributed by atoms with E-state index >= 15 is 0 Å². The highest BCUT2D eigenvalue weighted by molar-refractivity contribution is 6.34. The van der Waals surface area contributed by atoms with E-state index in [1.165, 1.54) is 6.07 Å². The van der Waals surface area contributed by atoms with Crippen LogP contribution < -0.4 is 14.5 Å². The molecule has 1 fully saturated rings. The lowest BCUT2D eigenvalue weighted by atomic mass is 10.1. The highest BCUT2D eigenvalue weighted by Crippen LogP contribution is 2.32. The number of imide groups is 1. The molecule has 1 saturated heterocycles. The van der Waals surface area contributed by atoms with Crippen LogP contribution in [0.3, 0.4) is 0 Å². The fourth-order valence-corrected chi connectivity index (χ4v) is 4.48. The molecule has 1 atom stereocenters. The third-order valence-corrected chi connectivity index (χ3v) is 6.21. The Morgan fingerprint density at radius 3 is 2.29 bits per heavy atom. The smallest absolute Gasteiger partial charge is 0.316 e. The zero-order valence-corrected chi connectivity index (χ0v) is 18.6. The molecule has 2 aliphatic heterocycles. The number of anilines is 2. The molecular formula is C27H22N2O5. The molecule has 0 aromatic heterocycles. The quantitative estimate of drug-likeness (QED) is 0.330. The van der Waals surface area contributed by atoms with Gasteiger partial charge in [0.15, 0.2) is 0 Å². The molecule has 7 heteroatoms. The lowest BCUT2D eigenvalue weighted by Gasteiger charge is -2.20. The van der Waals surface area contributed by atoms with Gasteiger partial charge in [-0.3, -0.25) is 19.2 Å². The van der Waals surface area contributed by atoms with Crippen LogP contribution in [-0.2, 0) is 16.0 Å². The van der Waals surface area contributed by atoms with Gasteiger partial charge in [-0.2, -0.15) is 0 Å². The second-order valence-corrected chi connectivity index (χ2v) is 8.30. The number of amides is 3. The maximum absolute atomic E-state index is 12.9. The Morgan fingerprint density at radius 1 is 0.912 bits per heavy atom. The maximum Gasteiger partial charge on any atom is 0.316 e. The predicted octanol–water partition coefficient (Wildman–Crippen LogP) is 4.01. The Labute approximate surface area is 196 Å². The summed E-state index contributed by atoms with van der Waals surface area (Å²) in [7, 11) is 0. The Balaban J connectivity index is 1.32. The number of fused-ring (bicyclic) bond motifs is 1. The number of para-hydroxylation sites is 1. The molecular weight excluding hydrogens is 432 g/mol. The molecule has 0 radical (unpaired) electrons. The van der Waals surface area contributed by atoms with Crippen molar-refractivity contribution in [3.05, 3.63) is 89.5 Å². The number of carbonyl (C=O) groups is 4. The predicted molar refractivity (Wildman–Crippen MR) is 126 cm³/mol. The fourth-order valence-electron chi connectivity index (χ4n) is 4.48. The molecule has 0 bridgehead atoms. The van der Waals surface area contributed by atoms with Crippen LogP contribution in [0.25, 0.3) is 0 Å². The fraction of sp³-hybridized carbons (Fsp3) is 0.185. The van der Waals surface area contributed by atoms with Gasteiger partial charge in [-0.05, 0) is 42.3 Å². The molecule has 170 valence electrons. The number of hydrogen-bond acceptors (Lipinski definition) is 5. The number of ether oxygens (including phenoxy) is 1. The minimum atomic E-state index is -0.611. The number of rotatable bonds is 5. The number of aryl methyl sites for hydroxylation is 1. The Morgan fingerprint density at radius 2 is 1.59 bits per heavy atom. The van der Waals surface area contributed by atoms with Crippen molar-refractivity contribution in [3.8, 4) is 5.75 Å². The number of hydrogen-bond donors (Lipinski definition) is 0. The zero-order valence-electron chi connectivity index (χ0n) is 18.6. The van der Waals surface area contributed by atoms with Crippen molar-refractivity contribution >= 4 is 35.1 Å². The third kappa shape index (κ3) is 3.65. The van der Waals surface area contributed by atoms with Gasteiger partial charge >= 0.3 is 5.97 Å². The van der Waals surface area contributed by atoms with Gasteiger partial charge in [0.25, 0.3) is 11.8 Å². The normalized spacial score (nSPS) is 17.3. The maximum atomic E-state index is 12.9.